The Labute approximate surface area is 106 Å². The molecule has 0 aromatic carbocycles. The molecule has 0 unspecified atom stereocenters. The van der Waals surface area contributed by atoms with Gasteiger partial charge in [0, 0.05) is 19.8 Å². The molecule has 0 atom stereocenters. The number of aliphatic hydroxyl groups is 4. The molecule has 0 aromatic heterocycles. The molecule has 0 aliphatic rings. The fourth-order valence-corrected chi connectivity index (χ4v) is 3.66. The van der Waals surface area contributed by atoms with E-state index in [1.807, 2.05) is 0 Å². The topological polar surface area (TPSA) is 80.9 Å². The maximum Gasteiger partial charge on any atom is 0.0609 e. The second-order valence-corrected chi connectivity index (χ2v) is 6.23. The molecule has 0 saturated carbocycles. The number of hydrogen-bond donors (Lipinski definition) is 4. The molecule has 0 aromatic rings. The van der Waals surface area contributed by atoms with E-state index in [1.54, 1.807) is 0 Å². The lowest BCUT2D eigenvalue weighted by atomic mass is 10.5. The van der Waals surface area contributed by atoms with E-state index in [-0.39, 0.29) is 34.3 Å². The maximum absolute atomic E-state index is 8.68. The van der Waals surface area contributed by atoms with Crippen LogP contribution < -0.4 is 0 Å². The van der Waals surface area contributed by atoms with Gasteiger partial charge in [0.15, 0.2) is 0 Å². The Bertz CT molecular complexity index is 125. The SMILES string of the molecule is C=CCO.OCCCP(CCCO)CCCO. The van der Waals surface area contributed by atoms with Crippen molar-refractivity contribution in [3.8, 4) is 0 Å². The first-order valence-electron chi connectivity index (χ1n) is 6.03. The summed E-state index contributed by atoms with van der Waals surface area (Å²) in [6.45, 7) is 4.10. The summed E-state index contributed by atoms with van der Waals surface area (Å²) in [7, 11) is -0.0583. The molecule has 0 spiro atoms. The van der Waals surface area contributed by atoms with Gasteiger partial charge in [-0.15, -0.1) is 14.5 Å². The van der Waals surface area contributed by atoms with Crippen molar-refractivity contribution in [2.75, 3.05) is 44.9 Å². The third kappa shape index (κ3) is 18.6. The van der Waals surface area contributed by atoms with Gasteiger partial charge in [-0.3, -0.25) is 0 Å². The molecule has 0 rings (SSSR count). The van der Waals surface area contributed by atoms with Crippen LogP contribution in [0.15, 0.2) is 12.7 Å². The third-order valence-corrected chi connectivity index (χ3v) is 4.87. The van der Waals surface area contributed by atoms with Crippen LogP contribution in [-0.2, 0) is 0 Å². The lowest BCUT2D eigenvalue weighted by Crippen LogP contribution is -2.00. The normalized spacial score (nSPS) is 9.94. The molecule has 0 aliphatic heterocycles. The largest absolute Gasteiger partial charge is 0.396 e. The van der Waals surface area contributed by atoms with E-state index < -0.39 is 0 Å². The van der Waals surface area contributed by atoms with Gasteiger partial charge in [-0.1, -0.05) is 6.08 Å². The van der Waals surface area contributed by atoms with Crippen molar-refractivity contribution in [1.82, 2.24) is 0 Å². The molecular weight excluding hydrogens is 239 g/mol. The highest BCUT2D eigenvalue weighted by molar-refractivity contribution is 7.57. The first-order chi connectivity index (χ1) is 8.26. The Kier molecular flexibility index (Phi) is 20.9. The quantitative estimate of drug-likeness (QED) is 0.348. The molecule has 0 heterocycles. The van der Waals surface area contributed by atoms with Crippen molar-refractivity contribution in [1.29, 1.82) is 0 Å². The maximum atomic E-state index is 8.68. The predicted molar refractivity (Wildman–Crippen MR) is 73.9 cm³/mol. The van der Waals surface area contributed by atoms with E-state index in [0.29, 0.717) is 0 Å². The van der Waals surface area contributed by atoms with Gasteiger partial charge >= 0.3 is 0 Å². The average molecular weight is 266 g/mol. The van der Waals surface area contributed by atoms with E-state index in [1.165, 1.54) is 6.08 Å². The van der Waals surface area contributed by atoms with Gasteiger partial charge in [-0.2, -0.15) is 0 Å². The molecule has 0 fully saturated rings. The zero-order valence-corrected chi connectivity index (χ0v) is 11.5. The molecule has 4 N–H and O–H groups in total. The fourth-order valence-electron chi connectivity index (χ4n) is 1.22. The molecule has 0 saturated heterocycles. The molecule has 0 amide bonds. The van der Waals surface area contributed by atoms with E-state index in [4.69, 9.17) is 20.4 Å². The number of rotatable bonds is 10. The summed E-state index contributed by atoms with van der Waals surface area (Å²) in [5.41, 5.74) is 0. The third-order valence-electron chi connectivity index (χ3n) is 2.03. The minimum atomic E-state index is -0.0583. The predicted octanol–water partition coefficient (Wildman–Crippen LogP) is 0.780. The summed E-state index contributed by atoms with van der Waals surface area (Å²) in [4.78, 5) is 0. The second-order valence-electron chi connectivity index (χ2n) is 3.54. The Morgan fingerprint density at radius 2 is 1.06 bits per heavy atom. The number of hydrogen-bond acceptors (Lipinski definition) is 4. The van der Waals surface area contributed by atoms with Gasteiger partial charge in [0.05, 0.1) is 6.61 Å². The summed E-state index contributed by atoms with van der Waals surface area (Å²) >= 11 is 0. The molecule has 4 nitrogen and oxygen atoms in total. The van der Waals surface area contributed by atoms with Crippen LogP contribution in [0.4, 0.5) is 0 Å². The van der Waals surface area contributed by atoms with Crippen LogP contribution in [0.1, 0.15) is 19.3 Å². The van der Waals surface area contributed by atoms with E-state index in [9.17, 15) is 0 Å². The monoisotopic (exact) mass is 266 g/mol. The lowest BCUT2D eigenvalue weighted by Gasteiger charge is -2.15. The average Bonchev–Trinajstić information content (AvgIpc) is 2.38. The first kappa shape index (κ1) is 19.4. The Morgan fingerprint density at radius 1 is 0.765 bits per heavy atom. The number of aliphatic hydroxyl groups excluding tert-OH is 4. The van der Waals surface area contributed by atoms with Crippen molar-refractivity contribution in [3.05, 3.63) is 12.7 Å². The Balaban J connectivity index is 0. The van der Waals surface area contributed by atoms with Crippen LogP contribution >= 0.6 is 7.92 Å². The van der Waals surface area contributed by atoms with Crippen molar-refractivity contribution in [2.45, 2.75) is 19.3 Å². The summed E-state index contributed by atoms with van der Waals surface area (Å²) in [5.74, 6) is 0. The minimum Gasteiger partial charge on any atom is -0.396 e. The smallest absolute Gasteiger partial charge is 0.0609 e. The van der Waals surface area contributed by atoms with Crippen molar-refractivity contribution < 1.29 is 20.4 Å². The van der Waals surface area contributed by atoms with Crippen molar-refractivity contribution in [3.63, 3.8) is 0 Å². The molecule has 0 aliphatic carbocycles. The highest BCUT2D eigenvalue weighted by Crippen LogP contribution is 2.37. The standard InChI is InChI=1S/C9H21O3P.C3H6O/c10-4-1-7-13(8-2-5-11)9-3-6-12;1-2-3-4/h10-12H,1-9H2;2,4H,1,3H2. The van der Waals surface area contributed by atoms with E-state index >= 15 is 0 Å². The van der Waals surface area contributed by atoms with Gasteiger partial charge in [0.1, 0.15) is 0 Å². The molecule has 104 valence electrons. The highest BCUT2D eigenvalue weighted by Gasteiger charge is 2.06. The summed E-state index contributed by atoms with van der Waals surface area (Å²) in [5, 5.41) is 33.8. The van der Waals surface area contributed by atoms with Crippen LogP contribution in [0.25, 0.3) is 0 Å². The van der Waals surface area contributed by atoms with E-state index in [0.717, 1.165) is 37.7 Å². The van der Waals surface area contributed by atoms with Crippen LogP contribution in [0.2, 0.25) is 0 Å². The second kappa shape index (κ2) is 18.4. The molecule has 5 heteroatoms. The molecule has 0 bridgehead atoms. The zero-order chi connectivity index (χ0) is 13.4. The van der Waals surface area contributed by atoms with Gasteiger partial charge in [-0.05, 0) is 37.7 Å². The van der Waals surface area contributed by atoms with Gasteiger partial charge in [0.25, 0.3) is 0 Å². The zero-order valence-electron chi connectivity index (χ0n) is 10.6. The van der Waals surface area contributed by atoms with E-state index in [2.05, 4.69) is 6.58 Å². The van der Waals surface area contributed by atoms with Gasteiger partial charge < -0.3 is 20.4 Å². The first-order valence-corrected chi connectivity index (χ1v) is 7.93. The summed E-state index contributed by atoms with van der Waals surface area (Å²) < 4.78 is 0. The van der Waals surface area contributed by atoms with Crippen molar-refractivity contribution >= 4 is 7.92 Å². The van der Waals surface area contributed by atoms with Gasteiger partial charge in [0.2, 0.25) is 0 Å². The Hall–Kier alpha value is 0.0100. The summed E-state index contributed by atoms with van der Waals surface area (Å²) in [6.07, 6.45) is 7.25. The molecule has 17 heavy (non-hydrogen) atoms. The Morgan fingerprint density at radius 3 is 1.24 bits per heavy atom. The van der Waals surface area contributed by atoms with Gasteiger partial charge in [-0.25, -0.2) is 0 Å². The summed E-state index contributed by atoms with van der Waals surface area (Å²) in [6, 6.07) is 0. The minimum absolute atomic E-state index is 0.0583. The molecule has 0 radical (unpaired) electrons. The van der Waals surface area contributed by atoms with Crippen LogP contribution in [0, 0.1) is 0 Å². The highest BCUT2D eigenvalue weighted by atomic mass is 31.1. The lowest BCUT2D eigenvalue weighted by molar-refractivity contribution is 0.292. The molecular formula is C12H27O4P. The van der Waals surface area contributed by atoms with Crippen molar-refractivity contribution in [2.24, 2.45) is 0 Å². The fraction of sp³-hybridized carbons (Fsp3) is 0.833. The van der Waals surface area contributed by atoms with Crippen LogP contribution in [0.3, 0.4) is 0 Å². The van der Waals surface area contributed by atoms with Crippen LogP contribution in [-0.4, -0.2) is 65.3 Å². The van der Waals surface area contributed by atoms with Crippen LogP contribution in [0.5, 0.6) is 0 Å².